The lowest BCUT2D eigenvalue weighted by atomic mass is 10.4. The van der Waals surface area contributed by atoms with Gasteiger partial charge in [-0.25, -0.2) is 4.98 Å². The topological polar surface area (TPSA) is 74.4 Å². The van der Waals surface area contributed by atoms with Gasteiger partial charge in [-0.1, -0.05) is 0 Å². The van der Waals surface area contributed by atoms with Gasteiger partial charge < -0.3 is 0 Å². The molecule has 0 aliphatic carbocycles. The van der Waals surface area contributed by atoms with Crippen molar-refractivity contribution in [2.75, 3.05) is 0 Å². The Labute approximate surface area is 65.4 Å². The highest BCUT2D eigenvalue weighted by Gasteiger charge is 2.01. The molecule has 6 heteroatoms. The minimum Gasteiger partial charge on any atom is -0.281 e. The summed E-state index contributed by atoms with van der Waals surface area (Å²) in [6.45, 7) is 0. The molecule has 0 aliphatic heterocycles. The summed E-state index contributed by atoms with van der Waals surface area (Å²) in [7, 11) is 0. The maximum absolute atomic E-state index is 10.9. The summed E-state index contributed by atoms with van der Waals surface area (Å²) in [5.74, 6) is 0. The van der Waals surface area contributed by atoms with Crippen molar-refractivity contribution in [3.8, 4) is 0 Å². The lowest BCUT2D eigenvalue weighted by molar-refractivity contribution is 1.06. The molecule has 0 fully saturated rings. The average Bonchev–Trinajstić information content (AvgIpc) is 2.32. The fourth-order valence-corrected chi connectivity index (χ4v) is 0.938. The number of H-pyrrole nitrogens is 2. The number of halogens is 1. The van der Waals surface area contributed by atoms with Gasteiger partial charge in [0.15, 0.2) is 5.65 Å². The molecule has 2 aromatic rings. The Morgan fingerprint density at radius 2 is 2.27 bits per heavy atom. The van der Waals surface area contributed by atoms with E-state index in [1.54, 1.807) is 0 Å². The molecule has 0 atom stereocenters. The van der Waals surface area contributed by atoms with E-state index in [0.29, 0.717) is 11.0 Å². The number of nitrogens with zero attached hydrogens (tertiary/aromatic N) is 2. The van der Waals surface area contributed by atoms with Gasteiger partial charge in [0.05, 0.1) is 0 Å². The SMILES string of the molecule is O=c1[nH][nH]c2nc(Cl)ncc12. The highest BCUT2D eigenvalue weighted by atomic mass is 35.5. The summed E-state index contributed by atoms with van der Waals surface area (Å²) in [5.41, 5.74) is 0.187. The second-order valence-electron chi connectivity index (χ2n) is 1.98. The molecule has 2 N–H and O–H groups in total. The van der Waals surface area contributed by atoms with Crippen molar-refractivity contribution in [2.24, 2.45) is 0 Å². The molecule has 0 amide bonds. The zero-order valence-corrected chi connectivity index (χ0v) is 6.01. The molecule has 2 heterocycles. The zero-order valence-electron chi connectivity index (χ0n) is 5.26. The third-order valence-electron chi connectivity index (χ3n) is 1.30. The van der Waals surface area contributed by atoms with Crippen LogP contribution in [0.15, 0.2) is 11.0 Å². The molecule has 0 bridgehead atoms. The largest absolute Gasteiger partial charge is 0.281 e. The van der Waals surface area contributed by atoms with Crippen LogP contribution in [0, 0.1) is 0 Å². The van der Waals surface area contributed by atoms with E-state index in [9.17, 15) is 4.79 Å². The van der Waals surface area contributed by atoms with Gasteiger partial charge in [-0.05, 0) is 11.6 Å². The number of nitrogens with one attached hydrogen (secondary N) is 2. The second kappa shape index (κ2) is 2.06. The monoisotopic (exact) mass is 170 g/mol. The van der Waals surface area contributed by atoms with Gasteiger partial charge in [0.2, 0.25) is 5.28 Å². The van der Waals surface area contributed by atoms with E-state index in [-0.39, 0.29) is 10.8 Å². The van der Waals surface area contributed by atoms with Crippen LogP contribution in [0.4, 0.5) is 0 Å². The molecule has 0 aliphatic rings. The molecule has 5 nitrogen and oxygen atoms in total. The van der Waals surface area contributed by atoms with Gasteiger partial charge in [-0.3, -0.25) is 15.0 Å². The number of fused-ring (bicyclic) bond motifs is 1. The van der Waals surface area contributed by atoms with Crippen molar-refractivity contribution in [3.05, 3.63) is 21.8 Å². The van der Waals surface area contributed by atoms with Crippen molar-refractivity contribution in [3.63, 3.8) is 0 Å². The minimum absolute atomic E-state index is 0.118. The fourth-order valence-electron chi connectivity index (χ4n) is 0.805. The van der Waals surface area contributed by atoms with Crippen molar-refractivity contribution in [1.29, 1.82) is 0 Å². The predicted molar refractivity (Wildman–Crippen MR) is 39.5 cm³/mol. The van der Waals surface area contributed by atoms with E-state index in [1.165, 1.54) is 6.20 Å². The van der Waals surface area contributed by atoms with Gasteiger partial charge in [0.1, 0.15) is 5.39 Å². The lowest BCUT2D eigenvalue weighted by Crippen LogP contribution is -1.97. The van der Waals surface area contributed by atoms with Crippen molar-refractivity contribution in [1.82, 2.24) is 20.2 Å². The molecule has 2 rings (SSSR count). The summed E-state index contributed by atoms with van der Waals surface area (Å²) in [5, 5.41) is 5.45. The van der Waals surface area contributed by atoms with E-state index < -0.39 is 0 Å². The molecule has 11 heavy (non-hydrogen) atoms. The normalized spacial score (nSPS) is 10.6. The third kappa shape index (κ3) is 0.894. The van der Waals surface area contributed by atoms with Crippen LogP contribution in [0.3, 0.4) is 0 Å². The summed E-state index contributed by atoms with van der Waals surface area (Å²) in [6.07, 6.45) is 1.38. The Morgan fingerprint density at radius 3 is 3.09 bits per heavy atom. The first-order valence-corrected chi connectivity index (χ1v) is 3.24. The Morgan fingerprint density at radius 1 is 1.45 bits per heavy atom. The Bertz CT molecular complexity index is 445. The standard InChI is InChI=1S/C5H3ClN4O/c6-5-7-1-2-3(8-5)9-10-4(2)11/h1H,(H2,7,8,9,10,11). The zero-order chi connectivity index (χ0) is 7.84. The maximum atomic E-state index is 10.9. The average molecular weight is 171 g/mol. The molecule has 0 radical (unpaired) electrons. The van der Waals surface area contributed by atoms with E-state index in [1.807, 2.05) is 0 Å². The number of hydrogen-bond acceptors (Lipinski definition) is 3. The molecule has 0 unspecified atom stereocenters. The van der Waals surface area contributed by atoms with E-state index in [2.05, 4.69) is 20.2 Å². The van der Waals surface area contributed by atoms with E-state index in [4.69, 9.17) is 11.6 Å². The Kier molecular flexibility index (Phi) is 1.19. The van der Waals surface area contributed by atoms with Crippen LogP contribution in [-0.2, 0) is 0 Å². The smallest absolute Gasteiger partial charge is 0.275 e. The molecule has 0 saturated carbocycles. The molecule has 0 aromatic carbocycles. The lowest BCUT2D eigenvalue weighted by Gasteiger charge is -1.85. The molecule has 2 aromatic heterocycles. The first-order valence-electron chi connectivity index (χ1n) is 2.86. The van der Waals surface area contributed by atoms with Crippen LogP contribution in [0.5, 0.6) is 0 Å². The van der Waals surface area contributed by atoms with Crippen LogP contribution >= 0.6 is 11.6 Å². The Hall–Kier alpha value is -1.36. The van der Waals surface area contributed by atoms with Gasteiger partial charge >= 0.3 is 0 Å². The predicted octanol–water partition coefficient (Wildman–Crippen LogP) is 0.300. The summed E-state index contributed by atoms with van der Waals surface area (Å²) >= 11 is 5.47. The number of rotatable bonds is 0. The van der Waals surface area contributed by atoms with Crippen molar-refractivity contribution < 1.29 is 0 Å². The number of hydrogen-bond donors (Lipinski definition) is 2. The third-order valence-corrected chi connectivity index (χ3v) is 1.48. The van der Waals surface area contributed by atoms with Gasteiger partial charge in [-0.15, -0.1) is 0 Å². The van der Waals surface area contributed by atoms with Gasteiger partial charge in [-0.2, -0.15) is 4.98 Å². The molecule has 56 valence electrons. The second-order valence-corrected chi connectivity index (χ2v) is 2.32. The van der Waals surface area contributed by atoms with Crippen LogP contribution in [0.25, 0.3) is 11.0 Å². The van der Waals surface area contributed by atoms with E-state index in [0.717, 1.165) is 0 Å². The maximum Gasteiger partial charge on any atom is 0.275 e. The van der Waals surface area contributed by atoms with Crippen molar-refractivity contribution >= 4 is 22.6 Å². The summed E-state index contributed by atoms with van der Waals surface area (Å²) in [6, 6.07) is 0. The number of aromatic nitrogens is 4. The molecule has 0 spiro atoms. The van der Waals surface area contributed by atoms with Crippen molar-refractivity contribution in [2.45, 2.75) is 0 Å². The minimum atomic E-state index is -0.239. The van der Waals surface area contributed by atoms with Crippen LogP contribution in [-0.4, -0.2) is 20.2 Å². The van der Waals surface area contributed by atoms with Crippen LogP contribution in [0.1, 0.15) is 0 Å². The van der Waals surface area contributed by atoms with E-state index >= 15 is 0 Å². The fraction of sp³-hybridized carbons (Fsp3) is 0. The summed E-state index contributed by atoms with van der Waals surface area (Å²) < 4.78 is 0. The molecule has 0 saturated heterocycles. The van der Waals surface area contributed by atoms with Gasteiger partial charge in [0.25, 0.3) is 5.56 Å². The molecular formula is C5H3ClN4O. The quantitative estimate of drug-likeness (QED) is 0.559. The van der Waals surface area contributed by atoms with Gasteiger partial charge in [0, 0.05) is 6.20 Å². The highest BCUT2D eigenvalue weighted by Crippen LogP contribution is 2.04. The summed E-state index contributed by atoms with van der Waals surface area (Å²) in [4.78, 5) is 18.3. The Balaban J connectivity index is 2.97. The first-order chi connectivity index (χ1) is 5.27. The molecular weight excluding hydrogens is 168 g/mol. The van der Waals surface area contributed by atoms with Crippen LogP contribution in [0.2, 0.25) is 5.28 Å². The first kappa shape index (κ1) is 6.36. The highest BCUT2D eigenvalue weighted by molar-refractivity contribution is 6.28. The van der Waals surface area contributed by atoms with Crippen LogP contribution < -0.4 is 5.56 Å². The number of aromatic amines is 2.